The minimum atomic E-state index is -0.260. The van der Waals surface area contributed by atoms with Gasteiger partial charge < -0.3 is 10.4 Å². The van der Waals surface area contributed by atoms with Crippen LogP contribution in [0.25, 0.3) is 0 Å². The molecule has 0 radical (unpaired) electrons. The molecule has 0 aromatic rings. The number of hydrogen-bond donors (Lipinski definition) is 2. The summed E-state index contributed by atoms with van der Waals surface area (Å²) in [4.78, 5) is 24.5. The number of aliphatic hydroxyl groups is 1. The molecule has 0 aromatic heterocycles. The summed E-state index contributed by atoms with van der Waals surface area (Å²) in [5.41, 5.74) is 4.41. The van der Waals surface area contributed by atoms with Crippen LogP contribution in [0.3, 0.4) is 0 Å². The highest BCUT2D eigenvalue weighted by Crippen LogP contribution is 2.70. The SMILES string of the molecule is CC(=O)N[C@]1(C)CC[C@]2(C)CC[C@]3(C)C4=CC=C5C(=CC(=O)C(O)=C5C)[C@]4(C)CCC3[C@@H]2C1. The van der Waals surface area contributed by atoms with Gasteiger partial charge in [0.2, 0.25) is 11.7 Å². The molecule has 5 rings (SSSR count). The van der Waals surface area contributed by atoms with Gasteiger partial charge in [-0.2, -0.15) is 0 Å². The number of hydrogen-bond acceptors (Lipinski definition) is 3. The molecule has 4 nitrogen and oxygen atoms in total. The van der Waals surface area contributed by atoms with Crippen molar-refractivity contribution in [3.8, 4) is 0 Å². The maximum absolute atomic E-state index is 12.6. The van der Waals surface area contributed by atoms with Crippen LogP contribution in [0.1, 0.15) is 86.5 Å². The first-order valence-electron chi connectivity index (χ1n) is 12.7. The fraction of sp³-hybridized carbons (Fsp3) is 0.655. The fourth-order valence-corrected chi connectivity index (χ4v) is 8.58. The van der Waals surface area contributed by atoms with Crippen molar-refractivity contribution in [2.45, 2.75) is 92.0 Å². The predicted octanol–water partition coefficient (Wildman–Crippen LogP) is 6.11. The van der Waals surface area contributed by atoms with Gasteiger partial charge in [0, 0.05) is 23.5 Å². The van der Waals surface area contributed by atoms with Gasteiger partial charge in [0.05, 0.1) is 0 Å². The van der Waals surface area contributed by atoms with E-state index in [0.717, 1.165) is 36.8 Å². The maximum atomic E-state index is 12.6. The van der Waals surface area contributed by atoms with Gasteiger partial charge in [-0.05, 0) is 98.7 Å². The van der Waals surface area contributed by atoms with Crippen LogP contribution in [-0.2, 0) is 9.59 Å². The van der Waals surface area contributed by atoms with Crippen LogP contribution in [0, 0.1) is 28.1 Å². The first-order valence-corrected chi connectivity index (χ1v) is 12.7. The largest absolute Gasteiger partial charge is 0.504 e. The minimum absolute atomic E-state index is 0.0733. The van der Waals surface area contributed by atoms with Crippen LogP contribution < -0.4 is 5.32 Å². The number of carbonyl (C=O) groups is 2. The van der Waals surface area contributed by atoms with E-state index in [1.165, 1.54) is 24.8 Å². The second-order valence-corrected chi connectivity index (χ2v) is 12.7. The Kier molecular flexibility index (Phi) is 4.78. The van der Waals surface area contributed by atoms with Crippen molar-refractivity contribution in [2.24, 2.45) is 28.1 Å². The number of aliphatic hydroxyl groups excluding tert-OH is 1. The molecule has 0 aromatic carbocycles. The molecular weight excluding hydrogens is 410 g/mol. The van der Waals surface area contributed by atoms with Crippen LogP contribution in [0.15, 0.2) is 46.3 Å². The van der Waals surface area contributed by atoms with Gasteiger partial charge in [-0.1, -0.05) is 38.5 Å². The third-order valence-electron chi connectivity index (χ3n) is 10.5. The lowest BCUT2D eigenvalue weighted by Crippen LogP contribution is -2.60. The van der Waals surface area contributed by atoms with E-state index in [-0.39, 0.29) is 33.8 Å². The Labute approximate surface area is 198 Å². The fourth-order valence-electron chi connectivity index (χ4n) is 8.58. The molecule has 0 saturated heterocycles. The smallest absolute Gasteiger partial charge is 0.220 e. The van der Waals surface area contributed by atoms with E-state index in [9.17, 15) is 14.7 Å². The van der Waals surface area contributed by atoms with E-state index in [4.69, 9.17) is 0 Å². The Balaban J connectivity index is 1.56. The Morgan fingerprint density at radius 2 is 1.73 bits per heavy atom. The molecule has 4 heteroatoms. The summed E-state index contributed by atoms with van der Waals surface area (Å²) in [5.74, 6) is 0.848. The summed E-state index contributed by atoms with van der Waals surface area (Å²) in [6.45, 7) is 13.0. The van der Waals surface area contributed by atoms with E-state index >= 15 is 0 Å². The first-order chi connectivity index (χ1) is 15.3. The van der Waals surface area contributed by atoms with Crippen LogP contribution in [0.5, 0.6) is 0 Å². The maximum Gasteiger partial charge on any atom is 0.220 e. The standard InChI is InChI=1S/C29H39NO3/c1-17-19-7-8-24-28(5,21(19)15-23(32)25(17)33)10-9-20-22-16-27(4,30-18(2)31)13-11-26(22,3)12-14-29(20,24)6/h7-8,15,20,22,33H,9-14,16H2,1-6H3,(H,30,31)/t20?,22-,26+,27+,28-,29-/m0/s1. The zero-order chi connectivity index (χ0) is 24.0. The summed E-state index contributed by atoms with van der Waals surface area (Å²) < 4.78 is 0. The minimum Gasteiger partial charge on any atom is -0.504 e. The van der Waals surface area contributed by atoms with Crippen LogP contribution in [-0.4, -0.2) is 22.3 Å². The highest BCUT2D eigenvalue weighted by Gasteiger charge is 2.61. The Morgan fingerprint density at radius 1 is 1.03 bits per heavy atom. The quantitative estimate of drug-likeness (QED) is 0.507. The van der Waals surface area contributed by atoms with E-state index in [1.54, 1.807) is 13.0 Å². The molecule has 5 aliphatic carbocycles. The highest BCUT2D eigenvalue weighted by molar-refractivity contribution is 6.06. The zero-order valence-corrected chi connectivity index (χ0v) is 21.1. The van der Waals surface area contributed by atoms with Gasteiger partial charge in [0.15, 0.2) is 5.76 Å². The van der Waals surface area contributed by atoms with Gasteiger partial charge in [-0.3, -0.25) is 9.59 Å². The molecule has 1 amide bonds. The first kappa shape index (κ1) is 22.7. The number of fused-ring (bicyclic) bond motifs is 7. The molecule has 33 heavy (non-hydrogen) atoms. The molecule has 178 valence electrons. The number of carbonyl (C=O) groups excluding carboxylic acids is 2. The van der Waals surface area contributed by atoms with Gasteiger partial charge in [0.25, 0.3) is 0 Å². The van der Waals surface area contributed by atoms with Gasteiger partial charge in [-0.15, -0.1) is 0 Å². The molecule has 0 spiro atoms. The molecule has 3 saturated carbocycles. The second kappa shape index (κ2) is 6.96. The molecule has 6 atom stereocenters. The Morgan fingerprint density at radius 3 is 2.42 bits per heavy atom. The third kappa shape index (κ3) is 3.08. The van der Waals surface area contributed by atoms with Crippen molar-refractivity contribution >= 4 is 11.7 Å². The van der Waals surface area contributed by atoms with E-state index in [2.05, 4.69) is 45.2 Å². The number of allylic oxidation sites excluding steroid dienone is 7. The molecular formula is C29H39NO3. The average Bonchev–Trinajstić information content (AvgIpc) is 2.73. The van der Waals surface area contributed by atoms with Crippen LogP contribution in [0.4, 0.5) is 0 Å². The van der Waals surface area contributed by atoms with Crippen molar-refractivity contribution in [1.82, 2.24) is 5.32 Å². The molecule has 5 aliphatic rings. The summed E-state index contributed by atoms with van der Waals surface area (Å²) in [6, 6.07) is 0. The lowest BCUT2D eigenvalue weighted by molar-refractivity contribution is -0.125. The van der Waals surface area contributed by atoms with E-state index < -0.39 is 0 Å². The van der Waals surface area contributed by atoms with E-state index in [0.29, 0.717) is 22.8 Å². The second-order valence-electron chi connectivity index (χ2n) is 12.7. The number of ketones is 1. The Hall–Kier alpha value is -2.10. The summed E-state index contributed by atoms with van der Waals surface area (Å²) in [6.07, 6.45) is 14.0. The summed E-state index contributed by atoms with van der Waals surface area (Å²) >= 11 is 0. The number of amides is 1. The topological polar surface area (TPSA) is 66.4 Å². The third-order valence-corrected chi connectivity index (χ3v) is 10.5. The monoisotopic (exact) mass is 449 g/mol. The van der Waals surface area contributed by atoms with Crippen molar-refractivity contribution in [1.29, 1.82) is 0 Å². The number of rotatable bonds is 1. The summed E-state index contributed by atoms with van der Waals surface area (Å²) in [5, 5.41) is 13.6. The average molecular weight is 450 g/mol. The highest BCUT2D eigenvalue weighted by atomic mass is 16.3. The predicted molar refractivity (Wildman–Crippen MR) is 130 cm³/mol. The molecule has 0 heterocycles. The van der Waals surface area contributed by atoms with Crippen LogP contribution >= 0.6 is 0 Å². The zero-order valence-electron chi connectivity index (χ0n) is 21.1. The van der Waals surface area contributed by atoms with Crippen LogP contribution in [0.2, 0.25) is 0 Å². The Bertz CT molecular complexity index is 1080. The van der Waals surface area contributed by atoms with Crippen molar-refractivity contribution in [2.75, 3.05) is 0 Å². The molecule has 1 unspecified atom stereocenters. The van der Waals surface area contributed by atoms with Gasteiger partial charge in [0.1, 0.15) is 0 Å². The summed E-state index contributed by atoms with van der Waals surface area (Å²) in [7, 11) is 0. The van der Waals surface area contributed by atoms with E-state index in [1.807, 2.05) is 6.92 Å². The lowest BCUT2D eigenvalue weighted by Gasteiger charge is -2.65. The number of nitrogens with one attached hydrogen (secondary N) is 1. The van der Waals surface area contributed by atoms with Crippen molar-refractivity contribution < 1.29 is 14.7 Å². The molecule has 0 aliphatic heterocycles. The lowest BCUT2D eigenvalue weighted by atomic mass is 9.40. The normalized spacial score (nSPS) is 44.4. The van der Waals surface area contributed by atoms with Gasteiger partial charge in [-0.25, -0.2) is 0 Å². The van der Waals surface area contributed by atoms with Gasteiger partial charge >= 0.3 is 0 Å². The van der Waals surface area contributed by atoms with Crippen molar-refractivity contribution in [3.05, 3.63) is 46.3 Å². The molecule has 2 N–H and O–H groups in total. The molecule has 0 bridgehead atoms. The van der Waals surface area contributed by atoms with Crippen molar-refractivity contribution in [3.63, 3.8) is 0 Å². The molecule has 3 fully saturated rings.